The molecule has 0 spiro atoms. The standard InChI is InChI=1S/C18H19ClN2O2S.C2HF3O2/c19-16-6-4-5-14(9-16)10-20-11-15-12-21(13-18(15)20)24(22,23)17-7-2-1-3-8-17;3-2(4,5)1(6)7/h1-9,15,18H,10-13H2;(H,6,7). The Labute approximate surface area is 182 Å². The highest BCUT2D eigenvalue weighted by Gasteiger charge is 2.48. The predicted octanol–water partition coefficient (Wildman–Crippen LogP) is 3.48. The Morgan fingerprint density at radius 1 is 1.06 bits per heavy atom. The van der Waals surface area contributed by atoms with Gasteiger partial charge in [0.1, 0.15) is 0 Å². The van der Waals surface area contributed by atoms with E-state index in [1.165, 1.54) is 5.56 Å². The number of carboxylic acids is 1. The van der Waals surface area contributed by atoms with E-state index in [4.69, 9.17) is 21.5 Å². The van der Waals surface area contributed by atoms with Crippen molar-refractivity contribution in [2.45, 2.75) is 23.7 Å². The monoisotopic (exact) mass is 476 g/mol. The van der Waals surface area contributed by atoms with Crippen LogP contribution in [0.1, 0.15) is 5.56 Å². The number of hydrogen-bond acceptors (Lipinski definition) is 4. The molecule has 6 nitrogen and oxygen atoms in total. The smallest absolute Gasteiger partial charge is 0.475 e. The van der Waals surface area contributed by atoms with Crippen LogP contribution in [0, 0.1) is 5.92 Å². The number of hydrogen-bond donors (Lipinski definition) is 1. The molecule has 1 N–H and O–H groups in total. The number of sulfonamides is 1. The Kier molecular flexibility index (Phi) is 6.95. The summed E-state index contributed by atoms with van der Waals surface area (Å²) in [4.78, 5) is 11.6. The van der Waals surface area contributed by atoms with Crippen molar-refractivity contribution in [3.63, 3.8) is 0 Å². The molecule has 31 heavy (non-hydrogen) atoms. The first-order valence-electron chi connectivity index (χ1n) is 9.32. The minimum absolute atomic E-state index is 0.308. The summed E-state index contributed by atoms with van der Waals surface area (Å²) in [6.45, 7) is 2.95. The minimum Gasteiger partial charge on any atom is -0.475 e. The summed E-state index contributed by atoms with van der Waals surface area (Å²) in [5.74, 6) is -2.32. The average Bonchev–Trinajstić information content (AvgIpc) is 3.04. The van der Waals surface area contributed by atoms with E-state index in [0.717, 1.165) is 18.1 Å². The number of fused-ring (bicyclic) bond motifs is 1. The lowest BCUT2D eigenvalue weighted by Crippen LogP contribution is -2.54. The van der Waals surface area contributed by atoms with Crippen LogP contribution in [0.2, 0.25) is 5.02 Å². The molecule has 2 saturated heterocycles. The molecule has 0 aromatic heterocycles. The van der Waals surface area contributed by atoms with E-state index in [9.17, 15) is 21.6 Å². The molecule has 2 aliphatic heterocycles. The molecule has 2 aliphatic rings. The fourth-order valence-corrected chi connectivity index (χ4v) is 5.45. The summed E-state index contributed by atoms with van der Waals surface area (Å²) in [6, 6.07) is 16.9. The molecule has 2 aromatic rings. The third-order valence-electron chi connectivity index (χ3n) is 5.21. The number of aliphatic carboxylic acids is 1. The molecule has 0 bridgehead atoms. The van der Waals surface area contributed by atoms with Gasteiger partial charge in [-0.2, -0.15) is 17.5 Å². The summed E-state index contributed by atoms with van der Waals surface area (Å²) in [6.07, 6.45) is -5.08. The highest BCUT2D eigenvalue weighted by Crippen LogP contribution is 2.36. The number of nitrogens with zero attached hydrogens (tertiary/aromatic N) is 2. The zero-order chi connectivity index (χ0) is 22.8. The van der Waals surface area contributed by atoms with E-state index in [2.05, 4.69) is 11.0 Å². The van der Waals surface area contributed by atoms with Crippen LogP contribution < -0.4 is 0 Å². The number of rotatable bonds is 4. The molecule has 0 amide bonds. The van der Waals surface area contributed by atoms with Crippen molar-refractivity contribution in [2.75, 3.05) is 19.6 Å². The van der Waals surface area contributed by atoms with E-state index in [1.807, 2.05) is 24.3 Å². The lowest BCUT2D eigenvalue weighted by Gasteiger charge is -2.43. The molecule has 2 atom stereocenters. The van der Waals surface area contributed by atoms with Crippen molar-refractivity contribution >= 4 is 27.6 Å². The summed E-state index contributed by atoms with van der Waals surface area (Å²) in [5, 5.41) is 7.87. The van der Waals surface area contributed by atoms with E-state index >= 15 is 0 Å². The molecule has 0 radical (unpaired) electrons. The van der Waals surface area contributed by atoms with Gasteiger partial charge in [-0.25, -0.2) is 13.2 Å². The normalized spacial score (nSPS) is 21.5. The van der Waals surface area contributed by atoms with Gasteiger partial charge in [0.2, 0.25) is 10.0 Å². The molecule has 2 fully saturated rings. The first-order chi connectivity index (χ1) is 14.5. The molecule has 0 aliphatic carbocycles. The van der Waals surface area contributed by atoms with Crippen LogP contribution in [0.5, 0.6) is 0 Å². The van der Waals surface area contributed by atoms with Crippen molar-refractivity contribution in [1.29, 1.82) is 0 Å². The lowest BCUT2D eigenvalue weighted by atomic mass is 9.91. The maximum Gasteiger partial charge on any atom is 0.490 e. The van der Waals surface area contributed by atoms with Gasteiger partial charge >= 0.3 is 12.1 Å². The van der Waals surface area contributed by atoms with Crippen molar-refractivity contribution in [2.24, 2.45) is 5.92 Å². The molecule has 4 rings (SSSR count). The van der Waals surface area contributed by atoms with Gasteiger partial charge in [0.15, 0.2) is 0 Å². The van der Waals surface area contributed by atoms with E-state index in [-0.39, 0.29) is 0 Å². The Bertz CT molecular complexity index is 1030. The number of alkyl halides is 3. The Hall–Kier alpha value is -2.14. The molecule has 2 aromatic carbocycles. The van der Waals surface area contributed by atoms with E-state index in [0.29, 0.717) is 29.9 Å². The third kappa shape index (κ3) is 5.57. The molecule has 0 saturated carbocycles. The number of halogens is 4. The van der Waals surface area contributed by atoms with Crippen LogP contribution in [0.15, 0.2) is 59.5 Å². The summed E-state index contributed by atoms with van der Waals surface area (Å²) >= 11 is 6.05. The minimum atomic E-state index is -5.08. The second-order valence-corrected chi connectivity index (χ2v) is 9.70. The van der Waals surface area contributed by atoms with Gasteiger partial charge in [-0.3, -0.25) is 4.90 Å². The summed E-state index contributed by atoms with van der Waals surface area (Å²) in [7, 11) is -3.38. The van der Waals surface area contributed by atoms with Crippen LogP contribution >= 0.6 is 11.6 Å². The number of likely N-dealkylation sites (tertiary alicyclic amines) is 1. The van der Waals surface area contributed by atoms with Gasteiger partial charge in [0, 0.05) is 43.2 Å². The Morgan fingerprint density at radius 2 is 1.71 bits per heavy atom. The fraction of sp³-hybridized carbons (Fsp3) is 0.350. The van der Waals surface area contributed by atoms with Crippen molar-refractivity contribution < 1.29 is 31.5 Å². The lowest BCUT2D eigenvalue weighted by molar-refractivity contribution is -0.192. The van der Waals surface area contributed by atoms with Crippen LogP contribution in [-0.2, 0) is 21.4 Å². The van der Waals surface area contributed by atoms with Gasteiger partial charge in [0.25, 0.3) is 0 Å². The van der Waals surface area contributed by atoms with Crippen molar-refractivity contribution in [3.8, 4) is 0 Å². The SMILES string of the molecule is O=C(O)C(F)(F)F.O=S(=O)(c1ccccc1)N1CC2CN(Cc3cccc(Cl)c3)C2C1. The highest BCUT2D eigenvalue weighted by molar-refractivity contribution is 7.89. The first kappa shape index (κ1) is 23.5. The molecule has 168 valence electrons. The van der Waals surface area contributed by atoms with Gasteiger partial charge in [0.05, 0.1) is 4.90 Å². The number of carboxylic acid groups (broad SMARTS) is 1. The van der Waals surface area contributed by atoms with Crippen LogP contribution in [-0.4, -0.2) is 60.6 Å². The zero-order valence-electron chi connectivity index (χ0n) is 16.2. The third-order valence-corrected chi connectivity index (χ3v) is 7.29. The quantitative estimate of drug-likeness (QED) is 0.731. The molecule has 11 heteroatoms. The molecule has 2 unspecified atom stereocenters. The van der Waals surface area contributed by atoms with Crippen LogP contribution in [0.4, 0.5) is 13.2 Å². The van der Waals surface area contributed by atoms with Crippen LogP contribution in [0.25, 0.3) is 0 Å². The van der Waals surface area contributed by atoms with Crippen molar-refractivity contribution in [1.82, 2.24) is 9.21 Å². The number of carbonyl (C=O) groups is 1. The van der Waals surface area contributed by atoms with Gasteiger partial charge < -0.3 is 5.11 Å². The fourth-order valence-electron chi connectivity index (χ4n) is 3.70. The molecule has 2 heterocycles. The van der Waals surface area contributed by atoms with Gasteiger partial charge in [-0.1, -0.05) is 41.9 Å². The second-order valence-electron chi connectivity index (χ2n) is 7.32. The molecular formula is C20H20ClF3N2O4S. The van der Waals surface area contributed by atoms with Crippen LogP contribution in [0.3, 0.4) is 0 Å². The summed E-state index contributed by atoms with van der Waals surface area (Å²) in [5.41, 5.74) is 1.17. The number of benzene rings is 2. The maximum atomic E-state index is 12.8. The molecular weight excluding hydrogens is 457 g/mol. The second kappa shape index (κ2) is 9.15. The Balaban J connectivity index is 0.000000339. The Morgan fingerprint density at radius 3 is 2.29 bits per heavy atom. The van der Waals surface area contributed by atoms with E-state index < -0.39 is 22.2 Å². The van der Waals surface area contributed by atoms with E-state index in [1.54, 1.807) is 28.6 Å². The van der Waals surface area contributed by atoms with Gasteiger partial charge in [-0.05, 0) is 29.8 Å². The zero-order valence-corrected chi connectivity index (χ0v) is 17.7. The maximum absolute atomic E-state index is 12.8. The first-order valence-corrected chi connectivity index (χ1v) is 11.1. The predicted molar refractivity (Wildman–Crippen MR) is 108 cm³/mol. The average molecular weight is 477 g/mol. The van der Waals surface area contributed by atoms with Crippen molar-refractivity contribution in [3.05, 3.63) is 65.2 Å². The largest absolute Gasteiger partial charge is 0.490 e. The summed E-state index contributed by atoms with van der Waals surface area (Å²) < 4.78 is 58.9. The van der Waals surface area contributed by atoms with Gasteiger partial charge in [-0.15, -0.1) is 0 Å². The topological polar surface area (TPSA) is 77.9 Å². The highest BCUT2D eigenvalue weighted by atomic mass is 35.5.